The second-order valence-electron chi connectivity index (χ2n) is 2.83. The fraction of sp³-hybridized carbons (Fsp3) is 0.300. The highest BCUT2D eigenvalue weighted by atomic mass is 35.5. The zero-order valence-electron chi connectivity index (χ0n) is 8.08. The maximum absolute atomic E-state index is 11.6. The van der Waals surface area contributed by atoms with Gasteiger partial charge in [-0.3, -0.25) is 4.79 Å². The summed E-state index contributed by atoms with van der Waals surface area (Å²) in [6.45, 7) is 1.93. The van der Waals surface area contributed by atoms with Crippen molar-refractivity contribution in [3.63, 3.8) is 0 Å². The molecule has 1 atom stereocenters. The Balaban J connectivity index is 2.75. The topological polar surface area (TPSA) is 29.1 Å². The lowest BCUT2D eigenvalue weighted by Crippen LogP contribution is -2.30. The number of nitrogens with one attached hydrogen (secondary N) is 1. The second-order valence-corrected chi connectivity index (χ2v) is 4.42. The Morgan fingerprint density at radius 1 is 1.50 bits per heavy atom. The van der Waals surface area contributed by atoms with Gasteiger partial charge in [0.25, 0.3) is 5.91 Å². The molecule has 0 bridgehead atoms. The number of benzene rings is 1. The van der Waals surface area contributed by atoms with Gasteiger partial charge in [0.05, 0.1) is 16.0 Å². The molecule has 1 rings (SSSR count). The summed E-state index contributed by atoms with van der Waals surface area (Å²) in [5.74, 6) is -0.127. The molecule has 1 aromatic carbocycles. The van der Waals surface area contributed by atoms with E-state index in [0.717, 1.165) is 0 Å². The number of hydrogen-bond donors (Lipinski definition) is 1. The van der Waals surface area contributed by atoms with E-state index in [4.69, 9.17) is 11.6 Å². The molecular formula is C10H12ClNOS. The van der Waals surface area contributed by atoms with Crippen molar-refractivity contribution >= 4 is 29.3 Å². The molecule has 0 saturated heterocycles. The summed E-state index contributed by atoms with van der Waals surface area (Å²) in [5, 5.41) is 3.41. The average Bonchev–Trinajstić information content (AvgIpc) is 2.18. The van der Waals surface area contributed by atoms with Crippen LogP contribution in [0, 0.1) is 0 Å². The molecule has 4 heteroatoms. The van der Waals surface area contributed by atoms with Gasteiger partial charge in [-0.25, -0.2) is 0 Å². The Bertz CT molecular complexity index is 330. The van der Waals surface area contributed by atoms with Crippen LogP contribution >= 0.6 is 23.4 Å². The molecular weight excluding hydrogens is 218 g/mol. The van der Waals surface area contributed by atoms with Gasteiger partial charge in [0.2, 0.25) is 0 Å². The Morgan fingerprint density at radius 2 is 2.14 bits per heavy atom. The molecule has 0 radical (unpaired) electrons. The van der Waals surface area contributed by atoms with Gasteiger partial charge < -0.3 is 5.32 Å². The molecule has 1 aromatic rings. The monoisotopic (exact) mass is 229 g/mol. The molecule has 0 spiro atoms. The first-order valence-electron chi connectivity index (χ1n) is 4.23. The first-order valence-corrected chi connectivity index (χ1v) is 5.90. The SMILES string of the molecule is CSC(C)NC(=O)c1ccccc1Cl. The minimum absolute atomic E-state index is 0.0961. The number of halogens is 1. The molecule has 0 saturated carbocycles. The number of amides is 1. The van der Waals surface area contributed by atoms with Crippen molar-refractivity contribution < 1.29 is 4.79 Å². The summed E-state index contributed by atoms with van der Waals surface area (Å²) in [6.07, 6.45) is 1.94. The molecule has 0 aliphatic rings. The Hall–Kier alpha value is -0.670. The van der Waals surface area contributed by atoms with Crippen LogP contribution in [0.2, 0.25) is 5.02 Å². The fourth-order valence-electron chi connectivity index (χ4n) is 0.967. The normalized spacial score (nSPS) is 12.2. The lowest BCUT2D eigenvalue weighted by atomic mass is 10.2. The van der Waals surface area contributed by atoms with Gasteiger partial charge in [0.1, 0.15) is 0 Å². The summed E-state index contributed by atoms with van der Waals surface area (Å²) in [4.78, 5) is 11.6. The molecule has 14 heavy (non-hydrogen) atoms. The largest absolute Gasteiger partial charge is 0.341 e. The van der Waals surface area contributed by atoms with Crippen molar-refractivity contribution in [1.29, 1.82) is 0 Å². The van der Waals surface area contributed by atoms with Crippen LogP contribution in [0.4, 0.5) is 0 Å². The second kappa shape index (κ2) is 5.27. The van der Waals surface area contributed by atoms with Gasteiger partial charge in [-0.15, -0.1) is 11.8 Å². The highest BCUT2D eigenvalue weighted by Gasteiger charge is 2.11. The van der Waals surface area contributed by atoms with Crippen molar-refractivity contribution in [1.82, 2.24) is 5.32 Å². The van der Waals surface area contributed by atoms with E-state index >= 15 is 0 Å². The number of carbonyl (C=O) groups is 1. The number of carbonyl (C=O) groups excluding carboxylic acids is 1. The van der Waals surface area contributed by atoms with E-state index in [2.05, 4.69) is 5.32 Å². The molecule has 0 heterocycles. The van der Waals surface area contributed by atoms with E-state index in [1.165, 1.54) is 0 Å². The number of thioether (sulfide) groups is 1. The Labute approximate surface area is 93.0 Å². The minimum Gasteiger partial charge on any atom is -0.341 e. The quantitative estimate of drug-likeness (QED) is 0.808. The summed E-state index contributed by atoms with van der Waals surface area (Å²) < 4.78 is 0. The van der Waals surface area contributed by atoms with E-state index in [1.807, 2.05) is 13.2 Å². The van der Waals surface area contributed by atoms with Crippen LogP contribution in [0.1, 0.15) is 17.3 Å². The predicted molar refractivity (Wildman–Crippen MR) is 61.9 cm³/mol. The molecule has 0 aliphatic heterocycles. The first-order chi connectivity index (χ1) is 6.65. The summed E-state index contributed by atoms with van der Waals surface area (Å²) in [5.41, 5.74) is 0.523. The first kappa shape index (κ1) is 11.4. The molecule has 1 amide bonds. The standard InChI is InChI=1S/C10H12ClNOS/c1-7(14-2)12-10(13)8-5-3-4-6-9(8)11/h3-7H,1-2H3,(H,12,13). The molecule has 0 fully saturated rings. The van der Waals surface area contributed by atoms with Gasteiger partial charge in [0, 0.05) is 0 Å². The van der Waals surface area contributed by atoms with E-state index in [9.17, 15) is 4.79 Å². The summed E-state index contributed by atoms with van der Waals surface area (Å²) in [7, 11) is 0. The lowest BCUT2D eigenvalue weighted by molar-refractivity contribution is 0.0952. The average molecular weight is 230 g/mol. The smallest absolute Gasteiger partial charge is 0.253 e. The number of hydrogen-bond acceptors (Lipinski definition) is 2. The minimum atomic E-state index is -0.127. The van der Waals surface area contributed by atoms with Crippen LogP contribution in [0.25, 0.3) is 0 Å². The predicted octanol–water partition coefficient (Wildman–Crippen LogP) is 2.78. The molecule has 0 aromatic heterocycles. The molecule has 0 aliphatic carbocycles. The maximum Gasteiger partial charge on any atom is 0.253 e. The third-order valence-electron chi connectivity index (χ3n) is 1.81. The van der Waals surface area contributed by atoms with E-state index in [0.29, 0.717) is 10.6 Å². The van der Waals surface area contributed by atoms with Crippen molar-refractivity contribution in [3.05, 3.63) is 34.9 Å². The van der Waals surface area contributed by atoms with Crippen LogP contribution in [-0.2, 0) is 0 Å². The third kappa shape index (κ3) is 2.93. The van der Waals surface area contributed by atoms with E-state index in [-0.39, 0.29) is 11.3 Å². The van der Waals surface area contributed by atoms with Crippen molar-refractivity contribution in [2.45, 2.75) is 12.3 Å². The number of rotatable bonds is 3. The summed E-state index contributed by atoms with van der Waals surface area (Å²) >= 11 is 7.46. The van der Waals surface area contributed by atoms with E-state index in [1.54, 1.807) is 36.0 Å². The Kier molecular flexibility index (Phi) is 4.29. The zero-order chi connectivity index (χ0) is 10.6. The molecule has 1 N–H and O–H groups in total. The third-order valence-corrected chi connectivity index (χ3v) is 2.96. The zero-order valence-corrected chi connectivity index (χ0v) is 9.65. The van der Waals surface area contributed by atoms with Gasteiger partial charge >= 0.3 is 0 Å². The van der Waals surface area contributed by atoms with Crippen LogP contribution in [0.15, 0.2) is 24.3 Å². The van der Waals surface area contributed by atoms with Gasteiger partial charge in [0.15, 0.2) is 0 Å². The van der Waals surface area contributed by atoms with Gasteiger partial charge in [-0.05, 0) is 25.3 Å². The maximum atomic E-state index is 11.6. The highest BCUT2D eigenvalue weighted by Crippen LogP contribution is 2.15. The van der Waals surface area contributed by atoms with Crippen LogP contribution in [0.3, 0.4) is 0 Å². The van der Waals surface area contributed by atoms with Crippen molar-refractivity contribution in [2.75, 3.05) is 6.26 Å². The van der Waals surface area contributed by atoms with Crippen molar-refractivity contribution in [3.8, 4) is 0 Å². The molecule has 1 unspecified atom stereocenters. The van der Waals surface area contributed by atoms with Crippen LogP contribution in [-0.4, -0.2) is 17.5 Å². The van der Waals surface area contributed by atoms with Gasteiger partial charge in [-0.2, -0.15) is 0 Å². The van der Waals surface area contributed by atoms with Crippen molar-refractivity contribution in [2.24, 2.45) is 0 Å². The Morgan fingerprint density at radius 3 is 2.71 bits per heavy atom. The fourth-order valence-corrected chi connectivity index (χ4v) is 1.41. The summed E-state index contributed by atoms with van der Waals surface area (Å²) in [6, 6.07) is 7.02. The van der Waals surface area contributed by atoms with Crippen LogP contribution < -0.4 is 5.32 Å². The molecule has 76 valence electrons. The highest BCUT2D eigenvalue weighted by molar-refractivity contribution is 7.99. The van der Waals surface area contributed by atoms with Gasteiger partial charge in [-0.1, -0.05) is 23.7 Å². The van der Waals surface area contributed by atoms with Crippen LogP contribution in [0.5, 0.6) is 0 Å². The molecule has 2 nitrogen and oxygen atoms in total. The lowest BCUT2D eigenvalue weighted by Gasteiger charge is -2.11. The van der Waals surface area contributed by atoms with E-state index < -0.39 is 0 Å².